The average molecular weight is 344 g/mol. The summed E-state index contributed by atoms with van der Waals surface area (Å²) in [4.78, 5) is 0. The van der Waals surface area contributed by atoms with Crippen LogP contribution in [-0.2, 0) is 13.0 Å². The first-order valence-electron chi connectivity index (χ1n) is 6.62. The number of benzene rings is 2. The Bertz CT molecular complexity index is 740. The van der Waals surface area contributed by atoms with Crippen LogP contribution in [0.25, 0.3) is 5.69 Å². The van der Waals surface area contributed by atoms with Crippen molar-refractivity contribution >= 4 is 15.9 Å². The number of hydrogen-bond acceptors (Lipinski definition) is 3. The van der Waals surface area contributed by atoms with E-state index in [1.807, 2.05) is 53.1 Å². The minimum absolute atomic E-state index is 0.139. The fraction of sp³-hybridized carbons (Fsp3) is 0.125. The maximum atomic E-state index is 9.47. The summed E-state index contributed by atoms with van der Waals surface area (Å²) < 4.78 is 2.94. The van der Waals surface area contributed by atoms with Crippen LogP contribution in [0.4, 0.5) is 0 Å². The van der Waals surface area contributed by atoms with E-state index in [2.05, 4.69) is 32.2 Å². The number of aromatic nitrogens is 3. The maximum absolute atomic E-state index is 9.47. The Morgan fingerprint density at radius 2 is 1.71 bits per heavy atom. The van der Waals surface area contributed by atoms with Gasteiger partial charge in [-0.25, -0.2) is 0 Å². The van der Waals surface area contributed by atoms with Crippen LogP contribution in [0, 0.1) is 0 Å². The second kappa shape index (κ2) is 6.20. The molecule has 0 aliphatic rings. The molecule has 0 amide bonds. The molecule has 5 heteroatoms. The van der Waals surface area contributed by atoms with Gasteiger partial charge in [0.25, 0.3) is 0 Å². The number of hydrogen-bond donors (Lipinski definition) is 1. The van der Waals surface area contributed by atoms with Crippen LogP contribution in [0.5, 0.6) is 0 Å². The van der Waals surface area contributed by atoms with Crippen LogP contribution in [0.3, 0.4) is 0 Å². The van der Waals surface area contributed by atoms with Crippen molar-refractivity contribution < 1.29 is 5.11 Å². The SMILES string of the molecule is OCc1nnc(Cc2cccc(Br)c2)n1-c1ccccc1. The molecule has 0 aliphatic carbocycles. The van der Waals surface area contributed by atoms with E-state index in [1.54, 1.807) is 0 Å². The molecule has 4 nitrogen and oxygen atoms in total. The van der Waals surface area contributed by atoms with Crippen molar-refractivity contribution in [1.82, 2.24) is 14.8 Å². The minimum atomic E-state index is -0.139. The highest BCUT2D eigenvalue weighted by atomic mass is 79.9. The molecule has 3 rings (SSSR count). The normalized spacial score (nSPS) is 10.8. The second-order valence-corrected chi connectivity index (χ2v) is 5.58. The van der Waals surface area contributed by atoms with E-state index in [-0.39, 0.29) is 6.61 Å². The van der Waals surface area contributed by atoms with Crippen molar-refractivity contribution in [3.8, 4) is 5.69 Å². The van der Waals surface area contributed by atoms with E-state index in [4.69, 9.17) is 0 Å². The highest BCUT2D eigenvalue weighted by Gasteiger charge is 2.13. The van der Waals surface area contributed by atoms with Gasteiger partial charge in [0.15, 0.2) is 5.82 Å². The van der Waals surface area contributed by atoms with Crippen molar-refractivity contribution in [1.29, 1.82) is 0 Å². The number of aliphatic hydroxyl groups excluding tert-OH is 1. The third kappa shape index (κ3) is 3.04. The third-order valence-electron chi connectivity index (χ3n) is 3.20. The van der Waals surface area contributed by atoms with Crippen molar-refractivity contribution in [3.63, 3.8) is 0 Å². The van der Waals surface area contributed by atoms with E-state index < -0.39 is 0 Å². The second-order valence-electron chi connectivity index (χ2n) is 4.67. The molecule has 1 N–H and O–H groups in total. The van der Waals surface area contributed by atoms with Crippen molar-refractivity contribution in [2.24, 2.45) is 0 Å². The largest absolute Gasteiger partial charge is 0.388 e. The average Bonchev–Trinajstić information content (AvgIpc) is 2.91. The fourth-order valence-electron chi connectivity index (χ4n) is 2.28. The predicted octanol–water partition coefficient (Wildman–Crippen LogP) is 3.11. The lowest BCUT2D eigenvalue weighted by molar-refractivity contribution is 0.268. The number of para-hydroxylation sites is 1. The van der Waals surface area contributed by atoms with Crippen molar-refractivity contribution in [2.45, 2.75) is 13.0 Å². The summed E-state index contributed by atoms with van der Waals surface area (Å²) in [6.45, 7) is -0.139. The highest BCUT2D eigenvalue weighted by Crippen LogP contribution is 2.18. The molecule has 1 aromatic heterocycles. The van der Waals surface area contributed by atoms with Gasteiger partial charge in [-0.1, -0.05) is 46.3 Å². The summed E-state index contributed by atoms with van der Waals surface area (Å²) in [5.74, 6) is 1.36. The molecule has 3 aromatic rings. The van der Waals surface area contributed by atoms with Gasteiger partial charge in [0, 0.05) is 16.6 Å². The molecule has 1 heterocycles. The van der Waals surface area contributed by atoms with Crippen LogP contribution < -0.4 is 0 Å². The van der Waals surface area contributed by atoms with Gasteiger partial charge < -0.3 is 5.11 Å². The van der Waals surface area contributed by atoms with Crippen LogP contribution >= 0.6 is 15.9 Å². The van der Waals surface area contributed by atoms with Gasteiger partial charge in [0.1, 0.15) is 12.4 Å². The van der Waals surface area contributed by atoms with E-state index in [9.17, 15) is 5.11 Å². The van der Waals surface area contributed by atoms with Crippen molar-refractivity contribution in [3.05, 3.63) is 76.3 Å². The smallest absolute Gasteiger partial charge is 0.163 e. The summed E-state index contributed by atoms with van der Waals surface area (Å²) in [5.41, 5.74) is 2.09. The Morgan fingerprint density at radius 3 is 2.43 bits per heavy atom. The van der Waals surface area contributed by atoms with Gasteiger partial charge in [-0.15, -0.1) is 10.2 Å². The van der Waals surface area contributed by atoms with Crippen LogP contribution in [0.1, 0.15) is 17.2 Å². The summed E-state index contributed by atoms with van der Waals surface area (Å²) in [6, 6.07) is 17.9. The summed E-state index contributed by atoms with van der Waals surface area (Å²) in [7, 11) is 0. The number of nitrogens with zero attached hydrogens (tertiary/aromatic N) is 3. The number of halogens is 1. The molecule has 0 bridgehead atoms. The maximum Gasteiger partial charge on any atom is 0.163 e. The molecule has 0 radical (unpaired) electrons. The number of rotatable bonds is 4. The molecule has 0 unspecified atom stereocenters. The Morgan fingerprint density at radius 1 is 0.952 bits per heavy atom. The van der Waals surface area contributed by atoms with E-state index in [0.717, 1.165) is 21.5 Å². The van der Waals surface area contributed by atoms with Crippen molar-refractivity contribution in [2.75, 3.05) is 0 Å². The fourth-order valence-corrected chi connectivity index (χ4v) is 2.72. The molecule has 21 heavy (non-hydrogen) atoms. The molecular weight excluding hydrogens is 330 g/mol. The van der Waals surface area contributed by atoms with Gasteiger partial charge in [0.2, 0.25) is 0 Å². The quantitative estimate of drug-likeness (QED) is 0.791. The van der Waals surface area contributed by atoms with Gasteiger partial charge in [-0.2, -0.15) is 0 Å². The monoisotopic (exact) mass is 343 g/mol. The molecule has 0 saturated carbocycles. The molecular formula is C16H14BrN3O. The summed E-state index contributed by atoms with van der Waals surface area (Å²) in [6.07, 6.45) is 0.654. The lowest BCUT2D eigenvalue weighted by Gasteiger charge is -2.09. The van der Waals surface area contributed by atoms with Gasteiger partial charge >= 0.3 is 0 Å². The minimum Gasteiger partial charge on any atom is -0.388 e. The highest BCUT2D eigenvalue weighted by molar-refractivity contribution is 9.10. The topological polar surface area (TPSA) is 50.9 Å². The van der Waals surface area contributed by atoms with Gasteiger partial charge in [-0.05, 0) is 29.8 Å². The van der Waals surface area contributed by atoms with Crippen LogP contribution in [-0.4, -0.2) is 19.9 Å². The Kier molecular flexibility index (Phi) is 4.13. The zero-order valence-electron chi connectivity index (χ0n) is 11.3. The lowest BCUT2D eigenvalue weighted by atomic mass is 10.1. The third-order valence-corrected chi connectivity index (χ3v) is 3.70. The summed E-state index contributed by atoms with van der Waals surface area (Å²) >= 11 is 3.47. The van der Waals surface area contributed by atoms with Gasteiger partial charge in [0.05, 0.1) is 0 Å². The Labute approximate surface area is 131 Å². The molecule has 0 fully saturated rings. The summed E-state index contributed by atoms with van der Waals surface area (Å²) in [5, 5.41) is 17.8. The van der Waals surface area contributed by atoms with E-state index in [0.29, 0.717) is 12.2 Å². The van der Waals surface area contributed by atoms with E-state index >= 15 is 0 Å². The molecule has 0 saturated heterocycles. The first kappa shape index (κ1) is 14.0. The molecule has 0 spiro atoms. The Hall–Kier alpha value is -1.98. The predicted molar refractivity (Wildman–Crippen MR) is 84.2 cm³/mol. The zero-order chi connectivity index (χ0) is 14.7. The van der Waals surface area contributed by atoms with Crippen LogP contribution in [0.15, 0.2) is 59.1 Å². The number of aliphatic hydroxyl groups is 1. The standard InChI is InChI=1S/C16H14BrN3O/c17-13-6-4-5-12(9-13)10-15-18-19-16(11-21)20(15)14-7-2-1-3-8-14/h1-9,21H,10-11H2. The molecule has 0 atom stereocenters. The van der Waals surface area contributed by atoms with E-state index in [1.165, 1.54) is 0 Å². The van der Waals surface area contributed by atoms with Gasteiger partial charge in [-0.3, -0.25) is 4.57 Å². The first-order valence-corrected chi connectivity index (χ1v) is 7.41. The lowest BCUT2D eigenvalue weighted by Crippen LogP contribution is -2.06. The first-order chi connectivity index (χ1) is 10.3. The molecule has 2 aromatic carbocycles. The molecule has 0 aliphatic heterocycles. The zero-order valence-corrected chi connectivity index (χ0v) is 12.9. The molecule has 106 valence electrons. The Balaban J connectivity index is 2.02. The van der Waals surface area contributed by atoms with Crippen LogP contribution in [0.2, 0.25) is 0 Å².